The first-order valence-corrected chi connectivity index (χ1v) is 10.5. The van der Waals surface area contributed by atoms with Crippen molar-refractivity contribution in [2.75, 3.05) is 6.54 Å². The number of pyridine rings is 1. The lowest BCUT2D eigenvalue weighted by molar-refractivity contribution is -0.904. The molecule has 0 bridgehead atoms. The minimum Gasteiger partial charge on any atom is -0.352 e. The van der Waals surface area contributed by atoms with Crippen LogP contribution in [0, 0.1) is 17.7 Å². The molecule has 2 aromatic carbocycles. The molecular weight excluding hydrogens is 419 g/mol. The van der Waals surface area contributed by atoms with Crippen LogP contribution >= 0.6 is 0 Å². The lowest BCUT2D eigenvalue weighted by atomic mass is 9.98. The molecule has 1 amide bonds. The van der Waals surface area contributed by atoms with E-state index in [0.29, 0.717) is 23.2 Å². The van der Waals surface area contributed by atoms with E-state index in [2.05, 4.69) is 27.4 Å². The van der Waals surface area contributed by atoms with E-state index in [0.717, 1.165) is 34.3 Å². The molecule has 2 aromatic heterocycles. The molecule has 4 rings (SSSR count). The van der Waals surface area contributed by atoms with Crippen molar-refractivity contribution in [2.24, 2.45) is 0 Å². The maximum atomic E-state index is 13.2. The van der Waals surface area contributed by atoms with Gasteiger partial charge in [-0.15, -0.1) is 0 Å². The zero-order valence-corrected chi connectivity index (χ0v) is 17.8. The van der Waals surface area contributed by atoms with Gasteiger partial charge in [0.2, 0.25) is 12.4 Å². The molecule has 164 valence electrons. The number of halogens is 1. The highest BCUT2D eigenvalue weighted by molar-refractivity contribution is 5.95. The van der Waals surface area contributed by atoms with Crippen molar-refractivity contribution < 1.29 is 19.1 Å². The lowest BCUT2D eigenvalue weighted by Crippen LogP contribution is -2.27. The minimum absolute atomic E-state index is 0.181. The van der Waals surface area contributed by atoms with Crippen molar-refractivity contribution >= 4 is 5.91 Å². The Labute approximate surface area is 190 Å². The molecule has 0 atom stereocenters. The van der Waals surface area contributed by atoms with Gasteiger partial charge in [0.05, 0.1) is 6.20 Å². The van der Waals surface area contributed by atoms with E-state index < -0.39 is 0 Å². The van der Waals surface area contributed by atoms with Gasteiger partial charge in [0.25, 0.3) is 5.91 Å². The highest BCUT2D eigenvalue weighted by atomic mass is 19.1. The van der Waals surface area contributed by atoms with Crippen molar-refractivity contribution in [1.82, 2.24) is 15.5 Å². The zero-order valence-electron chi connectivity index (χ0n) is 17.8. The second kappa shape index (κ2) is 10.2. The topological polar surface area (TPSA) is 81.9 Å². The summed E-state index contributed by atoms with van der Waals surface area (Å²) in [6.07, 6.45) is 8.28. The van der Waals surface area contributed by atoms with Gasteiger partial charge in [0.15, 0.2) is 0 Å². The van der Waals surface area contributed by atoms with Gasteiger partial charge in [-0.2, -0.15) is 5.10 Å². The fourth-order valence-electron chi connectivity index (χ4n) is 3.32. The number of H-pyrrole nitrogens is 1. The van der Waals surface area contributed by atoms with Crippen LogP contribution in [0.15, 0.2) is 79.4 Å². The quantitative estimate of drug-likeness (QED) is 0.185. The molecule has 4 aromatic rings. The van der Waals surface area contributed by atoms with Crippen LogP contribution in [0.5, 0.6) is 0 Å². The molecule has 6 nitrogen and oxygen atoms in total. The number of carbonyl (C=O) groups is 1. The van der Waals surface area contributed by atoms with Crippen LogP contribution in [0.3, 0.4) is 0 Å². The highest BCUT2D eigenvalue weighted by Gasteiger charge is 2.11. The summed E-state index contributed by atoms with van der Waals surface area (Å²) in [5.74, 6) is 5.64. The number of rotatable bonds is 6. The summed E-state index contributed by atoms with van der Waals surface area (Å²) in [6.45, 7) is 0.539. The van der Waals surface area contributed by atoms with E-state index in [4.69, 9.17) is 0 Å². The van der Waals surface area contributed by atoms with Crippen molar-refractivity contribution in [3.8, 4) is 23.0 Å². The predicted octanol–water partition coefficient (Wildman–Crippen LogP) is 3.50. The van der Waals surface area contributed by atoms with Crippen LogP contribution in [-0.2, 0) is 6.42 Å². The van der Waals surface area contributed by atoms with Crippen LogP contribution in [0.25, 0.3) is 11.1 Å². The smallest absolute Gasteiger partial charge is 0.251 e. The van der Waals surface area contributed by atoms with E-state index in [1.165, 1.54) is 24.5 Å². The number of nitrogens with one attached hydrogen (secondary N) is 2. The molecule has 2 heterocycles. The van der Waals surface area contributed by atoms with Crippen LogP contribution in [0.2, 0.25) is 0 Å². The molecule has 0 aliphatic heterocycles. The van der Waals surface area contributed by atoms with Crippen molar-refractivity contribution in [3.63, 3.8) is 0 Å². The van der Waals surface area contributed by atoms with E-state index >= 15 is 0 Å². The van der Waals surface area contributed by atoms with E-state index in [9.17, 15) is 14.4 Å². The number of aryl methyl sites for hydroxylation is 1. The van der Waals surface area contributed by atoms with Gasteiger partial charge in [-0.25, -0.2) is 4.39 Å². The monoisotopic (exact) mass is 441 g/mol. The van der Waals surface area contributed by atoms with Gasteiger partial charge in [-0.05, 0) is 65.9 Å². The number of benzene rings is 2. The molecular formula is C26H22FN4O2+. The molecule has 0 aliphatic rings. The van der Waals surface area contributed by atoms with Crippen LogP contribution in [0.4, 0.5) is 4.39 Å². The summed E-state index contributed by atoms with van der Waals surface area (Å²) in [4.78, 5) is 12.7. The SMILES string of the molecule is O=C(NCCCc1cn[nH]c1)c1ccc(-c2cc[n+](O)cc2)c(C#Cc2ccc(F)cc2)c1. The molecule has 7 heteroatoms. The summed E-state index contributed by atoms with van der Waals surface area (Å²) < 4.78 is 14.2. The number of hydrogen-bond acceptors (Lipinski definition) is 3. The first-order valence-electron chi connectivity index (χ1n) is 10.5. The van der Waals surface area contributed by atoms with Gasteiger partial charge in [-0.1, -0.05) is 17.9 Å². The van der Waals surface area contributed by atoms with Gasteiger partial charge in [0.1, 0.15) is 5.82 Å². The average Bonchev–Trinajstić information content (AvgIpc) is 3.35. The maximum absolute atomic E-state index is 13.2. The van der Waals surface area contributed by atoms with Crippen molar-refractivity contribution in [1.29, 1.82) is 0 Å². The zero-order chi connectivity index (χ0) is 23.0. The number of hydrogen-bond donors (Lipinski definition) is 3. The maximum Gasteiger partial charge on any atom is 0.251 e. The Morgan fingerprint density at radius 3 is 2.61 bits per heavy atom. The first-order chi connectivity index (χ1) is 16.1. The Kier molecular flexibility index (Phi) is 6.76. The van der Waals surface area contributed by atoms with Gasteiger partial charge in [0, 0.05) is 46.3 Å². The number of aromatic nitrogens is 3. The Morgan fingerprint density at radius 1 is 1.09 bits per heavy atom. The predicted molar refractivity (Wildman–Crippen MR) is 121 cm³/mol. The fraction of sp³-hybridized carbons (Fsp3) is 0.115. The summed E-state index contributed by atoms with van der Waals surface area (Å²) >= 11 is 0. The Morgan fingerprint density at radius 2 is 1.88 bits per heavy atom. The second-order valence-corrected chi connectivity index (χ2v) is 7.45. The third-order valence-electron chi connectivity index (χ3n) is 5.07. The molecule has 0 radical (unpaired) electrons. The van der Waals surface area contributed by atoms with Crippen LogP contribution in [-0.4, -0.2) is 27.9 Å². The summed E-state index contributed by atoms with van der Waals surface area (Å²) in [5.41, 5.74) is 4.58. The third-order valence-corrected chi connectivity index (χ3v) is 5.07. The van der Waals surface area contributed by atoms with Gasteiger partial charge in [-0.3, -0.25) is 15.1 Å². The lowest BCUT2D eigenvalue weighted by Gasteiger charge is -2.09. The molecule has 0 spiro atoms. The fourth-order valence-corrected chi connectivity index (χ4v) is 3.32. The summed E-state index contributed by atoms with van der Waals surface area (Å²) in [5, 5.41) is 19.2. The average molecular weight is 441 g/mol. The third kappa shape index (κ3) is 5.83. The van der Waals surface area contributed by atoms with Crippen LogP contribution in [0.1, 0.15) is 33.5 Å². The Balaban J connectivity index is 1.56. The molecule has 0 fully saturated rings. The summed E-state index contributed by atoms with van der Waals surface area (Å²) in [7, 11) is 0. The molecule has 33 heavy (non-hydrogen) atoms. The summed E-state index contributed by atoms with van der Waals surface area (Å²) in [6, 6.07) is 14.8. The van der Waals surface area contributed by atoms with Crippen molar-refractivity contribution in [3.05, 3.63) is 107 Å². The van der Waals surface area contributed by atoms with Gasteiger partial charge < -0.3 is 5.32 Å². The normalized spacial score (nSPS) is 10.3. The van der Waals surface area contributed by atoms with E-state index in [1.54, 1.807) is 42.6 Å². The number of carbonyl (C=O) groups excluding carboxylic acids is 1. The van der Waals surface area contributed by atoms with Gasteiger partial charge >= 0.3 is 0 Å². The molecule has 0 aliphatic carbocycles. The van der Waals surface area contributed by atoms with E-state index in [-0.39, 0.29) is 11.7 Å². The number of nitrogens with zero attached hydrogens (tertiary/aromatic N) is 2. The number of amides is 1. The minimum atomic E-state index is -0.325. The molecule has 3 N–H and O–H groups in total. The Hall–Kier alpha value is -4.44. The van der Waals surface area contributed by atoms with Crippen LogP contribution < -0.4 is 10.0 Å². The van der Waals surface area contributed by atoms with Crippen molar-refractivity contribution in [2.45, 2.75) is 12.8 Å². The largest absolute Gasteiger partial charge is 0.352 e. The Bertz CT molecular complexity index is 1290. The standard InChI is InChI=1S/C26H21FN4O2/c27-24-8-4-19(5-9-24)3-6-22-16-23(7-10-25(22)21-11-14-31(33)15-12-21)26(32)28-13-1-2-20-17-29-30-18-20/h4-5,7-12,14-18H,1-2,13H2,(H2-,28,29,30,32,33)/p+1. The molecule has 0 unspecified atom stereocenters. The van der Waals surface area contributed by atoms with E-state index in [1.807, 2.05) is 12.3 Å². The second-order valence-electron chi connectivity index (χ2n) is 7.45. The molecule has 0 saturated carbocycles. The first kappa shape index (κ1) is 21.8. The number of aromatic amines is 1. The molecule has 0 saturated heterocycles. The highest BCUT2D eigenvalue weighted by Crippen LogP contribution is 2.24.